The van der Waals surface area contributed by atoms with E-state index in [0.717, 1.165) is 22.4 Å². The molecule has 146 valence electrons. The van der Waals surface area contributed by atoms with Gasteiger partial charge in [-0.1, -0.05) is 36.4 Å². The van der Waals surface area contributed by atoms with Gasteiger partial charge in [-0.15, -0.1) is 0 Å². The number of hydrogen-bond acceptors (Lipinski definition) is 5. The number of rotatable bonds is 4. The van der Waals surface area contributed by atoms with Crippen LogP contribution in [0.25, 0.3) is 11.3 Å². The second-order valence-corrected chi connectivity index (χ2v) is 6.92. The molecule has 30 heavy (non-hydrogen) atoms. The summed E-state index contributed by atoms with van der Waals surface area (Å²) in [6.45, 7) is 0.270. The molecule has 0 unspecified atom stereocenters. The molecule has 3 heterocycles. The number of nitrogens with one attached hydrogen (secondary N) is 1. The first-order chi connectivity index (χ1) is 14.8. The van der Waals surface area contributed by atoms with Crippen molar-refractivity contribution >= 4 is 5.91 Å². The first kappa shape index (κ1) is 18.0. The van der Waals surface area contributed by atoms with Crippen LogP contribution in [0.1, 0.15) is 22.7 Å². The molecule has 0 bridgehead atoms. The SMILES string of the molecule is O=C(NCc1nccnc1-c1ccncc1)C1c2ccccc2Oc2ccccc21. The maximum absolute atomic E-state index is 13.3. The number of benzene rings is 2. The summed E-state index contributed by atoms with van der Waals surface area (Å²) in [7, 11) is 0. The van der Waals surface area contributed by atoms with Crippen molar-refractivity contribution in [2.75, 3.05) is 0 Å². The zero-order valence-corrected chi connectivity index (χ0v) is 16.0. The van der Waals surface area contributed by atoms with Gasteiger partial charge >= 0.3 is 0 Å². The van der Waals surface area contributed by atoms with Crippen molar-refractivity contribution < 1.29 is 9.53 Å². The highest BCUT2D eigenvalue weighted by molar-refractivity contribution is 5.89. The molecule has 5 rings (SSSR count). The number of nitrogens with zero attached hydrogens (tertiary/aromatic N) is 3. The molecule has 1 aliphatic heterocycles. The predicted molar refractivity (Wildman–Crippen MR) is 112 cm³/mol. The van der Waals surface area contributed by atoms with Gasteiger partial charge in [0.1, 0.15) is 11.5 Å². The highest BCUT2D eigenvalue weighted by Crippen LogP contribution is 2.43. The van der Waals surface area contributed by atoms with Crippen molar-refractivity contribution in [1.82, 2.24) is 20.3 Å². The zero-order chi connectivity index (χ0) is 20.3. The number of para-hydroxylation sites is 2. The summed E-state index contributed by atoms with van der Waals surface area (Å²) >= 11 is 0. The van der Waals surface area contributed by atoms with E-state index in [2.05, 4.69) is 20.3 Å². The van der Waals surface area contributed by atoms with Gasteiger partial charge in [-0.2, -0.15) is 0 Å². The highest BCUT2D eigenvalue weighted by atomic mass is 16.5. The van der Waals surface area contributed by atoms with Crippen molar-refractivity contribution in [2.45, 2.75) is 12.5 Å². The zero-order valence-electron chi connectivity index (χ0n) is 16.0. The molecular weight excluding hydrogens is 376 g/mol. The molecule has 6 heteroatoms. The van der Waals surface area contributed by atoms with E-state index in [1.807, 2.05) is 60.7 Å². The molecule has 0 saturated carbocycles. The van der Waals surface area contributed by atoms with Crippen molar-refractivity contribution in [3.05, 3.63) is 102 Å². The minimum absolute atomic E-state index is 0.107. The number of fused-ring (bicyclic) bond motifs is 2. The summed E-state index contributed by atoms with van der Waals surface area (Å²) in [5.41, 5.74) is 4.03. The van der Waals surface area contributed by atoms with Crippen LogP contribution in [0.2, 0.25) is 0 Å². The Kier molecular flexibility index (Phi) is 4.65. The van der Waals surface area contributed by atoms with Crippen molar-refractivity contribution in [3.63, 3.8) is 0 Å². The van der Waals surface area contributed by atoms with Gasteiger partial charge in [0.05, 0.1) is 23.9 Å². The molecule has 0 radical (unpaired) electrons. The van der Waals surface area contributed by atoms with Crippen LogP contribution >= 0.6 is 0 Å². The lowest BCUT2D eigenvalue weighted by molar-refractivity contribution is -0.122. The van der Waals surface area contributed by atoms with Gasteiger partial charge in [0, 0.05) is 41.5 Å². The first-order valence-corrected chi connectivity index (χ1v) is 9.65. The van der Waals surface area contributed by atoms with Crippen molar-refractivity contribution in [2.24, 2.45) is 0 Å². The van der Waals surface area contributed by atoms with Gasteiger partial charge in [0.2, 0.25) is 5.91 Å². The third-order valence-electron chi connectivity index (χ3n) is 5.10. The molecular formula is C24H18N4O2. The van der Waals surface area contributed by atoms with E-state index >= 15 is 0 Å². The van der Waals surface area contributed by atoms with E-state index in [-0.39, 0.29) is 12.5 Å². The topological polar surface area (TPSA) is 77.0 Å². The Balaban J connectivity index is 1.44. The second-order valence-electron chi connectivity index (χ2n) is 6.92. The molecule has 4 aromatic rings. The van der Waals surface area contributed by atoms with Gasteiger partial charge in [-0.05, 0) is 24.3 Å². The Morgan fingerprint density at radius 1 is 0.833 bits per heavy atom. The van der Waals surface area contributed by atoms with Gasteiger partial charge in [-0.25, -0.2) is 0 Å². The summed E-state index contributed by atoms with van der Waals surface area (Å²) in [6, 6.07) is 19.0. The van der Waals surface area contributed by atoms with Crippen molar-refractivity contribution in [3.8, 4) is 22.8 Å². The van der Waals surface area contributed by atoms with Crippen LogP contribution in [0, 0.1) is 0 Å². The lowest BCUT2D eigenvalue weighted by atomic mass is 9.87. The Morgan fingerprint density at radius 2 is 1.47 bits per heavy atom. The molecule has 2 aromatic heterocycles. The molecule has 0 saturated heterocycles. The number of hydrogen-bond donors (Lipinski definition) is 1. The van der Waals surface area contributed by atoms with E-state index in [4.69, 9.17) is 4.74 Å². The van der Waals surface area contributed by atoms with E-state index in [9.17, 15) is 4.79 Å². The average molecular weight is 394 g/mol. The summed E-state index contributed by atoms with van der Waals surface area (Å²) in [6.07, 6.45) is 6.70. The third kappa shape index (κ3) is 3.28. The fraction of sp³-hybridized carbons (Fsp3) is 0.0833. The van der Waals surface area contributed by atoms with Crippen molar-refractivity contribution in [1.29, 1.82) is 0 Å². The fourth-order valence-electron chi connectivity index (χ4n) is 3.71. The predicted octanol–water partition coefficient (Wildman–Crippen LogP) is 4.09. The maximum atomic E-state index is 13.3. The van der Waals surface area contributed by atoms with Gasteiger partial charge in [0.25, 0.3) is 0 Å². The lowest BCUT2D eigenvalue weighted by Gasteiger charge is -2.27. The van der Waals surface area contributed by atoms with Crippen LogP contribution < -0.4 is 10.1 Å². The lowest BCUT2D eigenvalue weighted by Crippen LogP contribution is -2.31. The summed E-state index contributed by atoms with van der Waals surface area (Å²) in [5.74, 6) is 0.846. The van der Waals surface area contributed by atoms with E-state index in [1.54, 1.807) is 24.8 Å². The Hall–Kier alpha value is -4.06. The quantitative estimate of drug-likeness (QED) is 0.564. The minimum Gasteiger partial charge on any atom is -0.457 e. The van der Waals surface area contributed by atoms with Crippen LogP contribution in [0.4, 0.5) is 0 Å². The van der Waals surface area contributed by atoms with Crippen LogP contribution in [0.3, 0.4) is 0 Å². The smallest absolute Gasteiger partial charge is 0.232 e. The molecule has 0 fully saturated rings. The fourth-order valence-corrected chi connectivity index (χ4v) is 3.71. The largest absolute Gasteiger partial charge is 0.457 e. The minimum atomic E-state index is -0.452. The third-order valence-corrected chi connectivity index (χ3v) is 5.10. The van der Waals surface area contributed by atoms with Gasteiger partial charge in [0.15, 0.2) is 0 Å². The maximum Gasteiger partial charge on any atom is 0.232 e. The number of aromatic nitrogens is 3. The molecule has 0 aliphatic carbocycles. The second kappa shape index (κ2) is 7.75. The van der Waals surface area contributed by atoms with E-state index in [0.29, 0.717) is 17.2 Å². The summed E-state index contributed by atoms with van der Waals surface area (Å²) < 4.78 is 5.99. The molecule has 1 aliphatic rings. The van der Waals surface area contributed by atoms with Crippen LogP contribution in [0.5, 0.6) is 11.5 Å². The number of ether oxygens (including phenoxy) is 1. The van der Waals surface area contributed by atoms with Crippen LogP contribution in [0.15, 0.2) is 85.5 Å². The van der Waals surface area contributed by atoms with Crippen LogP contribution in [-0.2, 0) is 11.3 Å². The number of amides is 1. The highest BCUT2D eigenvalue weighted by Gasteiger charge is 2.32. The molecule has 2 aromatic carbocycles. The first-order valence-electron chi connectivity index (χ1n) is 9.65. The molecule has 6 nitrogen and oxygen atoms in total. The number of carbonyl (C=O) groups is 1. The number of pyridine rings is 1. The Labute approximate surface area is 173 Å². The van der Waals surface area contributed by atoms with Crippen LogP contribution in [-0.4, -0.2) is 20.9 Å². The molecule has 1 amide bonds. The normalized spacial score (nSPS) is 12.4. The van der Waals surface area contributed by atoms with Gasteiger partial charge in [-0.3, -0.25) is 19.7 Å². The molecule has 0 spiro atoms. The summed E-state index contributed by atoms with van der Waals surface area (Å²) in [4.78, 5) is 26.3. The van der Waals surface area contributed by atoms with E-state index < -0.39 is 5.92 Å². The standard InChI is InChI=1S/C24H18N4O2/c29-24(28-15-19-23(27-14-13-26-19)16-9-11-25-12-10-16)22-17-5-1-3-7-20(17)30-21-8-4-2-6-18(21)22/h1-14,22H,15H2,(H,28,29). The van der Waals surface area contributed by atoms with E-state index in [1.165, 1.54) is 0 Å². The monoisotopic (exact) mass is 394 g/mol. The molecule has 0 atom stereocenters. The van der Waals surface area contributed by atoms with Gasteiger partial charge < -0.3 is 10.1 Å². The number of carbonyl (C=O) groups excluding carboxylic acids is 1. The molecule has 1 N–H and O–H groups in total. The Bertz CT molecular complexity index is 1170. The average Bonchev–Trinajstić information content (AvgIpc) is 2.81. The summed E-state index contributed by atoms with van der Waals surface area (Å²) in [5, 5.41) is 3.05. The Morgan fingerprint density at radius 3 is 2.17 bits per heavy atom.